The monoisotopic (exact) mass is 430 g/mol. The van der Waals surface area contributed by atoms with Crippen molar-refractivity contribution < 1.29 is 14.0 Å². The molecule has 30 heavy (non-hydrogen) atoms. The van der Waals surface area contributed by atoms with Gasteiger partial charge in [0, 0.05) is 18.8 Å². The van der Waals surface area contributed by atoms with E-state index in [0.29, 0.717) is 13.0 Å². The quantitative estimate of drug-likeness (QED) is 0.562. The van der Waals surface area contributed by atoms with Gasteiger partial charge in [0.2, 0.25) is 11.8 Å². The SMILES string of the molecule is CCCNC(=O)[C@@H](CC)N(Cc1ccc(F)cc1)C(=O)CSCc1ccc(C)cc1. The van der Waals surface area contributed by atoms with Gasteiger partial charge < -0.3 is 10.2 Å². The van der Waals surface area contributed by atoms with Crippen molar-refractivity contribution in [1.29, 1.82) is 0 Å². The minimum absolute atomic E-state index is 0.0880. The normalized spacial score (nSPS) is 11.7. The Balaban J connectivity index is 2.09. The summed E-state index contributed by atoms with van der Waals surface area (Å²) in [7, 11) is 0. The van der Waals surface area contributed by atoms with Crippen LogP contribution in [0.5, 0.6) is 0 Å². The van der Waals surface area contributed by atoms with Crippen molar-refractivity contribution in [2.24, 2.45) is 0 Å². The third kappa shape index (κ3) is 7.48. The maximum Gasteiger partial charge on any atom is 0.242 e. The van der Waals surface area contributed by atoms with Gasteiger partial charge in [-0.3, -0.25) is 9.59 Å². The van der Waals surface area contributed by atoms with Crippen molar-refractivity contribution in [2.45, 2.75) is 52.0 Å². The Morgan fingerprint density at radius 2 is 1.67 bits per heavy atom. The van der Waals surface area contributed by atoms with Gasteiger partial charge in [-0.05, 0) is 43.0 Å². The summed E-state index contributed by atoms with van der Waals surface area (Å²) in [6.45, 7) is 6.80. The molecule has 0 bridgehead atoms. The van der Waals surface area contributed by atoms with Crippen LogP contribution in [0.3, 0.4) is 0 Å². The van der Waals surface area contributed by atoms with Gasteiger partial charge in [-0.2, -0.15) is 0 Å². The van der Waals surface area contributed by atoms with Gasteiger partial charge in [0.1, 0.15) is 11.9 Å². The van der Waals surface area contributed by atoms with Crippen molar-refractivity contribution >= 4 is 23.6 Å². The smallest absolute Gasteiger partial charge is 0.242 e. The maximum atomic E-state index is 13.3. The highest BCUT2D eigenvalue weighted by Gasteiger charge is 2.28. The molecule has 162 valence electrons. The van der Waals surface area contributed by atoms with E-state index in [1.165, 1.54) is 29.5 Å². The van der Waals surface area contributed by atoms with Crippen LogP contribution in [-0.4, -0.2) is 35.1 Å². The molecule has 0 aromatic heterocycles. The molecule has 0 radical (unpaired) electrons. The fourth-order valence-electron chi connectivity index (χ4n) is 3.10. The number of carbonyl (C=O) groups is 2. The van der Waals surface area contributed by atoms with Crippen LogP contribution in [0.25, 0.3) is 0 Å². The largest absolute Gasteiger partial charge is 0.354 e. The molecule has 0 saturated carbocycles. The van der Waals surface area contributed by atoms with E-state index < -0.39 is 6.04 Å². The number of aryl methyl sites for hydroxylation is 1. The molecule has 1 N–H and O–H groups in total. The Labute approximate surface area is 183 Å². The average molecular weight is 431 g/mol. The van der Waals surface area contributed by atoms with Gasteiger partial charge in [0.25, 0.3) is 0 Å². The number of amides is 2. The molecule has 0 aliphatic heterocycles. The summed E-state index contributed by atoms with van der Waals surface area (Å²) in [5, 5.41) is 2.90. The van der Waals surface area contributed by atoms with E-state index in [4.69, 9.17) is 0 Å². The van der Waals surface area contributed by atoms with Crippen LogP contribution in [0.15, 0.2) is 48.5 Å². The highest BCUT2D eigenvalue weighted by atomic mass is 32.2. The van der Waals surface area contributed by atoms with E-state index >= 15 is 0 Å². The lowest BCUT2D eigenvalue weighted by Crippen LogP contribution is -2.49. The fraction of sp³-hybridized carbons (Fsp3) is 0.417. The number of hydrogen-bond donors (Lipinski definition) is 1. The maximum absolute atomic E-state index is 13.3. The van der Waals surface area contributed by atoms with Gasteiger partial charge in [-0.15, -0.1) is 11.8 Å². The van der Waals surface area contributed by atoms with Crippen LogP contribution in [0.2, 0.25) is 0 Å². The predicted molar refractivity (Wildman–Crippen MR) is 122 cm³/mol. The highest BCUT2D eigenvalue weighted by Crippen LogP contribution is 2.18. The lowest BCUT2D eigenvalue weighted by molar-refractivity contribution is -0.139. The topological polar surface area (TPSA) is 49.4 Å². The van der Waals surface area contributed by atoms with Crippen LogP contribution in [-0.2, 0) is 21.9 Å². The molecular formula is C24H31FN2O2S. The first kappa shape index (κ1) is 23.9. The van der Waals surface area contributed by atoms with Crippen LogP contribution in [0.4, 0.5) is 4.39 Å². The molecule has 4 nitrogen and oxygen atoms in total. The number of halogens is 1. The average Bonchev–Trinajstić information content (AvgIpc) is 2.74. The lowest BCUT2D eigenvalue weighted by Gasteiger charge is -2.30. The molecule has 0 heterocycles. The molecule has 1 atom stereocenters. The highest BCUT2D eigenvalue weighted by molar-refractivity contribution is 7.99. The van der Waals surface area contributed by atoms with E-state index in [2.05, 4.69) is 29.6 Å². The minimum Gasteiger partial charge on any atom is -0.354 e. The van der Waals surface area contributed by atoms with Crippen molar-refractivity contribution in [3.8, 4) is 0 Å². The second-order valence-corrected chi connectivity index (χ2v) is 8.33. The summed E-state index contributed by atoms with van der Waals surface area (Å²) in [4.78, 5) is 27.4. The third-order valence-corrected chi connectivity index (χ3v) is 5.80. The first-order valence-corrected chi connectivity index (χ1v) is 11.5. The van der Waals surface area contributed by atoms with Crippen molar-refractivity contribution in [2.75, 3.05) is 12.3 Å². The molecular weight excluding hydrogens is 399 g/mol. The fourth-order valence-corrected chi connectivity index (χ4v) is 3.97. The van der Waals surface area contributed by atoms with E-state index in [0.717, 1.165) is 23.3 Å². The molecule has 0 saturated heterocycles. The molecule has 0 aliphatic carbocycles. The van der Waals surface area contributed by atoms with E-state index in [-0.39, 0.29) is 29.9 Å². The van der Waals surface area contributed by atoms with Crippen molar-refractivity contribution in [1.82, 2.24) is 10.2 Å². The molecule has 2 aromatic carbocycles. The number of benzene rings is 2. The molecule has 2 aromatic rings. The Morgan fingerprint density at radius 3 is 2.27 bits per heavy atom. The number of nitrogens with one attached hydrogen (secondary N) is 1. The van der Waals surface area contributed by atoms with E-state index in [1.54, 1.807) is 17.0 Å². The molecule has 0 aliphatic rings. The number of thioether (sulfide) groups is 1. The molecule has 2 amide bonds. The van der Waals surface area contributed by atoms with Crippen molar-refractivity contribution in [3.63, 3.8) is 0 Å². The standard InChI is InChI=1S/C24H31FN2O2S/c1-4-14-26-24(29)22(5-2)27(15-19-10-12-21(25)13-11-19)23(28)17-30-16-20-8-6-18(3)7-9-20/h6-13,22H,4-5,14-17H2,1-3H3,(H,26,29)/t22-/m1/s1. The van der Waals surface area contributed by atoms with Crippen molar-refractivity contribution in [3.05, 3.63) is 71.0 Å². The van der Waals surface area contributed by atoms with Gasteiger partial charge in [-0.1, -0.05) is 55.8 Å². The second kappa shape index (κ2) is 12.4. The van der Waals surface area contributed by atoms with E-state index in [9.17, 15) is 14.0 Å². The zero-order chi connectivity index (χ0) is 21.9. The zero-order valence-electron chi connectivity index (χ0n) is 18.0. The van der Waals surface area contributed by atoms with E-state index in [1.807, 2.05) is 20.8 Å². The summed E-state index contributed by atoms with van der Waals surface area (Å²) in [5.74, 6) is 0.466. The Hall–Kier alpha value is -2.34. The summed E-state index contributed by atoms with van der Waals surface area (Å²) in [6, 6.07) is 13.8. The number of nitrogens with zero attached hydrogens (tertiary/aromatic N) is 1. The Morgan fingerprint density at radius 1 is 1.03 bits per heavy atom. The Kier molecular flexibility index (Phi) is 9.87. The first-order valence-electron chi connectivity index (χ1n) is 10.4. The third-order valence-electron chi connectivity index (χ3n) is 4.82. The molecule has 0 unspecified atom stereocenters. The van der Waals surface area contributed by atoms with Crippen LogP contribution >= 0.6 is 11.8 Å². The summed E-state index contributed by atoms with van der Waals surface area (Å²) in [5.41, 5.74) is 3.17. The molecule has 0 fully saturated rings. The molecule has 2 rings (SSSR count). The zero-order valence-corrected chi connectivity index (χ0v) is 18.8. The lowest BCUT2D eigenvalue weighted by atomic mass is 10.1. The first-order chi connectivity index (χ1) is 14.4. The summed E-state index contributed by atoms with van der Waals surface area (Å²) < 4.78 is 13.3. The number of hydrogen-bond acceptors (Lipinski definition) is 3. The molecule has 6 heteroatoms. The van der Waals surface area contributed by atoms with Crippen LogP contribution in [0, 0.1) is 12.7 Å². The van der Waals surface area contributed by atoms with Gasteiger partial charge in [0.05, 0.1) is 5.75 Å². The second-order valence-electron chi connectivity index (χ2n) is 7.34. The van der Waals surface area contributed by atoms with Gasteiger partial charge in [-0.25, -0.2) is 4.39 Å². The summed E-state index contributed by atoms with van der Waals surface area (Å²) >= 11 is 1.54. The predicted octanol–water partition coefficient (Wildman–Crippen LogP) is 4.70. The Bertz CT molecular complexity index is 809. The molecule has 0 spiro atoms. The van der Waals surface area contributed by atoms with Gasteiger partial charge >= 0.3 is 0 Å². The van der Waals surface area contributed by atoms with Crippen LogP contribution < -0.4 is 5.32 Å². The minimum atomic E-state index is -0.547. The van der Waals surface area contributed by atoms with Crippen LogP contribution in [0.1, 0.15) is 43.4 Å². The summed E-state index contributed by atoms with van der Waals surface area (Å²) in [6.07, 6.45) is 1.35. The number of carbonyl (C=O) groups excluding carboxylic acids is 2. The van der Waals surface area contributed by atoms with Gasteiger partial charge in [0.15, 0.2) is 0 Å². The number of rotatable bonds is 11.